The van der Waals surface area contributed by atoms with Gasteiger partial charge in [0, 0.05) is 0 Å². The molecular formula is C6H9NO3. The third kappa shape index (κ3) is 2.46. The smallest absolute Gasteiger partial charge is 0.308 e. The number of nitrogens with zero attached hydrogens (tertiary/aromatic N) is 1. The number of carbonyl (C=O) groups is 1. The van der Waals surface area contributed by atoms with Crippen LogP contribution in [-0.2, 0) is 4.79 Å². The van der Waals surface area contributed by atoms with Gasteiger partial charge in [0.25, 0.3) is 0 Å². The zero-order valence-electron chi connectivity index (χ0n) is 5.61. The molecule has 0 spiro atoms. The molecule has 4 heteroatoms. The van der Waals surface area contributed by atoms with Gasteiger partial charge in [0.15, 0.2) is 0 Å². The lowest BCUT2D eigenvalue weighted by atomic mass is 10.0. The first-order valence-electron chi connectivity index (χ1n) is 2.87. The van der Waals surface area contributed by atoms with Crippen LogP contribution >= 0.6 is 0 Å². The number of aliphatic hydroxyl groups is 1. The Morgan fingerprint density at radius 3 is 2.60 bits per heavy atom. The number of hydrogen-bond acceptors (Lipinski definition) is 3. The topological polar surface area (TPSA) is 81.3 Å². The number of rotatable bonds is 3. The van der Waals surface area contributed by atoms with Crippen molar-refractivity contribution in [2.24, 2.45) is 5.92 Å². The average molecular weight is 143 g/mol. The average Bonchev–Trinajstić information content (AvgIpc) is 1.87. The van der Waals surface area contributed by atoms with Gasteiger partial charge in [-0.2, -0.15) is 5.26 Å². The highest BCUT2D eigenvalue weighted by Crippen LogP contribution is 2.05. The van der Waals surface area contributed by atoms with E-state index in [1.165, 1.54) is 6.92 Å². The van der Waals surface area contributed by atoms with Gasteiger partial charge in [-0.15, -0.1) is 0 Å². The second-order valence-electron chi connectivity index (χ2n) is 2.06. The fraction of sp³-hybridized carbons (Fsp3) is 0.667. The highest BCUT2D eigenvalue weighted by molar-refractivity contribution is 5.70. The lowest BCUT2D eigenvalue weighted by Gasteiger charge is -2.09. The number of nitriles is 1. The Morgan fingerprint density at radius 2 is 2.30 bits per heavy atom. The second kappa shape index (κ2) is 3.85. The first-order chi connectivity index (χ1) is 4.59. The van der Waals surface area contributed by atoms with Crippen LogP contribution in [0.4, 0.5) is 0 Å². The van der Waals surface area contributed by atoms with Gasteiger partial charge in [0.05, 0.1) is 24.5 Å². The van der Waals surface area contributed by atoms with E-state index in [1.54, 1.807) is 6.07 Å². The van der Waals surface area contributed by atoms with E-state index in [-0.39, 0.29) is 6.42 Å². The molecule has 0 fully saturated rings. The van der Waals surface area contributed by atoms with Crippen molar-refractivity contribution in [3.8, 4) is 6.07 Å². The Kier molecular flexibility index (Phi) is 3.44. The van der Waals surface area contributed by atoms with Crippen molar-refractivity contribution in [3.05, 3.63) is 0 Å². The molecular weight excluding hydrogens is 134 g/mol. The number of hydrogen-bond donors (Lipinski definition) is 2. The van der Waals surface area contributed by atoms with E-state index < -0.39 is 18.0 Å². The first-order valence-corrected chi connectivity index (χ1v) is 2.87. The molecule has 2 N–H and O–H groups in total. The highest BCUT2D eigenvalue weighted by atomic mass is 16.4. The van der Waals surface area contributed by atoms with Crippen molar-refractivity contribution in [2.45, 2.75) is 19.4 Å². The predicted molar refractivity (Wildman–Crippen MR) is 33.0 cm³/mol. The molecule has 0 heterocycles. The van der Waals surface area contributed by atoms with Crippen molar-refractivity contribution in [1.82, 2.24) is 0 Å². The largest absolute Gasteiger partial charge is 0.481 e. The van der Waals surface area contributed by atoms with Gasteiger partial charge in [-0.25, -0.2) is 0 Å². The lowest BCUT2D eigenvalue weighted by molar-refractivity contribution is -0.144. The van der Waals surface area contributed by atoms with Crippen molar-refractivity contribution < 1.29 is 15.0 Å². The van der Waals surface area contributed by atoms with E-state index in [0.717, 1.165) is 0 Å². The minimum atomic E-state index is -1.08. The quantitative estimate of drug-likeness (QED) is 0.581. The molecule has 0 radical (unpaired) electrons. The maximum absolute atomic E-state index is 10.1. The Labute approximate surface area is 58.7 Å². The fourth-order valence-corrected chi connectivity index (χ4v) is 0.435. The van der Waals surface area contributed by atoms with Crippen LogP contribution < -0.4 is 0 Å². The molecule has 0 aliphatic rings. The van der Waals surface area contributed by atoms with E-state index in [0.29, 0.717) is 0 Å². The summed E-state index contributed by atoms with van der Waals surface area (Å²) in [5.41, 5.74) is 0. The summed E-state index contributed by atoms with van der Waals surface area (Å²) in [6, 6.07) is 1.69. The molecule has 0 aromatic rings. The van der Waals surface area contributed by atoms with E-state index >= 15 is 0 Å². The standard InChI is InChI=1S/C6H9NO3/c1-4(6(9)10)5(8)2-3-7/h4-5,8H,2H2,1H3,(H,9,10)/t4-,5?/m1/s1. The maximum Gasteiger partial charge on any atom is 0.308 e. The zero-order chi connectivity index (χ0) is 8.15. The van der Waals surface area contributed by atoms with Crippen molar-refractivity contribution in [3.63, 3.8) is 0 Å². The third-order valence-corrected chi connectivity index (χ3v) is 1.27. The van der Waals surface area contributed by atoms with Crippen LogP contribution in [0.15, 0.2) is 0 Å². The minimum absolute atomic E-state index is 0.131. The van der Waals surface area contributed by atoms with Crippen molar-refractivity contribution in [1.29, 1.82) is 5.26 Å². The number of aliphatic carboxylic acids is 1. The third-order valence-electron chi connectivity index (χ3n) is 1.27. The molecule has 10 heavy (non-hydrogen) atoms. The number of carboxylic acid groups (broad SMARTS) is 1. The maximum atomic E-state index is 10.1. The van der Waals surface area contributed by atoms with Gasteiger partial charge < -0.3 is 10.2 Å². The second-order valence-corrected chi connectivity index (χ2v) is 2.06. The molecule has 0 aliphatic carbocycles. The first kappa shape index (κ1) is 8.92. The van der Waals surface area contributed by atoms with Crippen LogP contribution in [-0.4, -0.2) is 22.3 Å². The van der Waals surface area contributed by atoms with Gasteiger partial charge in [-0.05, 0) is 6.92 Å². The van der Waals surface area contributed by atoms with Gasteiger partial charge >= 0.3 is 5.97 Å². The molecule has 0 saturated heterocycles. The van der Waals surface area contributed by atoms with Crippen molar-refractivity contribution in [2.75, 3.05) is 0 Å². The summed E-state index contributed by atoms with van der Waals surface area (Å²) in [5.74, 6) is -1.94. The van der Waals surface area contributed by atoms with Gasteiger partial charge in [0.1, 0.15) is 0 Å². The van der Waals surface area contributed by atoms with Crippen LogP contribution in [0.1, 0.15) is 13.3 Å². The Morgan fingerprint density at radius 1 is 1.80 bits per heavy atom. The van der Waals surface area contributed by atoms with E-state index in [4.69, 9.17) is 15.5 Å². The van der Waals surface area contributed by atoms with Gasteiger partial charge in [-0.3, -0.25) is 4.79 Å². The molecule has 56 valence electrons. The van der Waals surface area contributed by atoms with Gasteiger partial charge in [0.2, 0.25) is 0 Å². The minimum Gasteiger partial charge on any atom is -0.481 e. The van der Waals surface area contributed by atoms with Crippen LogP contribution in [0.2, 0.25) is 0 Å². The van der Waals surface area contributed by atoms with E-state index in [2.05, 4.69) is 0 Å². The number of carboxylic acids is 1. The summed E-state index contributed by atoms with van der Waals surface area (Å²) in [6.45, 7) is 1.37. The summed E-state index contributed by atoms with van der Waals surface area (Å²) in [6.07, 6.45) is -1.18. The highest BCUT2D eigenvalue weighted by Gasteiger charge is 2.20. The van der Waals surface area contributed by atoms with Crippen LogP contribution in [0, 0.1) is 17.2 Å². The molecule has 0 aliphatic heterocycles. The summed E-state index contributed by atoms with van der Waals surface area (Å²) in [4.78, 5) is 10.1. The fourth-order valence-electron chi connectivity index (χ4n) is 0.435. The van der Waals surface area contributed by atoms with E-state index in [9.17, 15) is 4.79 Å². The zero-order valence-corrected chi connectivity index (χ0v) is 5.61. The molecule has 0 aromatic heterocycles. The van der Waals surface area contributed by atoms with Gasteiger partial charge in [-0.1, -0.05) is 0 Å². The van der Waals surface area contributed by atoms with Crippen LogP contribution in [0.25, 0.3) is 0 Å². The Hall–Kier alpha value is -1.08. The summed E-state index contributed by atoms with van der Waals surface area (Å²) >= 11 is 0. The molecule has 0 bridgehead atoms. The van der Waals surface area contributed by atoms with E-state index in [1.807, 2.05) is 0 Å². The van der Waals surface area contributed by atoms with Crippen LogP contribution in [0.3, 0.4) is 0 Å². The Bertz CT molecular complexity index is 161. The normalized spacial score (nSPS) is 15.3. The molecule has 0 rings (SSSR count). The summed E-state index contributed by atoms with van der Waals surface area (Å²) < 4.78 is 0. The number of aliphatic hydroxyl groups excluding tert-OH is 1. The monoisotopic (exact) mass is 143 g/mol. The predicted octanol–water partition coefficient (Wildman–Crippen LogP) is -0.0183. The van der Waals surface area contributed by atoms with Crippen LogP contribution in [0.5, 0.6) is 0 Å². The molecule has 0 saturated carbocycles. The Balaban J connectivity index is 3.84. The summed E-state index contributed by atoms with van der Waals surface area (Å²) in [5, 5.41) is 25.3. The lowest BCUT2D eigenvalue weighted by Crippen LogP contribution is -2.24. The molecule has 2 atom stereocenters. The molecule has 0 amide bonds. The molecule has 4 nitrogen and oxygen atoms in total. The molecule has 0 aromatic carbocycles. The SMILES string of the molecule is C[C@@H](C(=O)O)C(O)CC#N. The van der Waals surface area contributed by atoms with Crippen molar-refractivity contribution >= 4 is 5.97 Å². The summed E-state index contributed by atoms with van der Waals surface area (Å²) in [7, 11) is 0. The molecule has 1 unspecified atom stereocenters.